The van der Waals surface area contributed by atoms with E-state index in [1.807, 2.05) is 31.4 Å². The normalized spacial score (nSPS) is 15.6. The largest absolute Gasteiger partial charge is 0.356 e. The number of halogens is 1. The van der Waals surface area contributed by atoms with Gasteiger partial charge < -0.3 is 10.6 Å². The lowest BCUT2D eigenvalue weighted by Crippen LogP contribution is -2.37. The van der Waals surface area contributed by atoms with Crippen molar-refractivity contribution in [2.75, 3.05) is 13.6 Å². The maximum Gasteiger partial charge on any atom is 0.191 e. The zero-order chi connectivity index (χ0) is 14.0. The van der Waals surface area contributed by atoms with Crippen LogP contribution in [0.25, 0.3) is 0 Å². The van der Waals surface area contributed by atoms with Gasteiger partial charge >= 0.3 is 0 Å². The average Bonchev–Trinajstić information content (AvgIpc) is 3.01. The average molecular weight is 402 g/mol. The van der Waals surface area contributed by atoms with Crippen LogP contribution in [0, 0.1) is 5.92 Å². The van der Waals surface area contributed by atoms with Crippen molar-refractivity contribution in [1.82, 2.24) is 15.6 Å². The summed E-state index contributed by atoms with van der Waals surface area (Å²) >= 11 is 0. The molecule has 0 bridgehead atoms. The molecule has 0 saturated heterocycles. The van der Waals surface area contributed by atoms with Gasteiger partial charge in [-0.15, -0.1) is 24.0 Å². The molecular formula is C16H27IN4. The fraction of sp³-hybridized carbons (Fsp3) is 0.625. The molecule has 0 spiro atoms. The summed E-state index contributed by atoms with van der Waals surface area (Å²) in [5, 5.41) is 6.67. The van der Waals surface area contributed by atoms with Crippen LogP contribution in [0.3, 0.4) is 0 Å². The van der Waals surface area contributed by atoms with Gasteiger partial charge in [0, 0.05) is 19.8 Å². The molecule has 21 heavy (non-hydrogen) atoms. The molecule has 0 amide bonds. The molecule has 2 rings (SSSR count). The predicted molar refractivity (Wildman–Crippen MR) is 99.0 cm³/mol. The van der Waals surface area contributed by atoms with Gasteiger partial charge in [-0.1, -0.05) is 31.7 Å². The molecule has 5 heteroatoms. The molecule has 0 radical (unpaired) electrons. The van der Waals surface area contributed by atoms with Crippen LogP contribution in [0.5, 0.6) is 0 Å². The molecule has 1 aromatic rings. The van der Waals surface area contributed by atoms with E-state index < -0.39 is 0 Å². The fourth-order valence-corrected chi connectivity index (χ4v) is 2.79. The number of aliphatic imine (C=N–C) groups is 1. The zero-order valence-corrected chi connectivity index (χ0v) is 15.2. The maximum atomic E-state index is 4.29. The first-order chi connectivity index (χ1) is 9.88. The summed E-state index contributed by atoms with van der Waals surface area (Å²) in [5.74, 6) is 1.84. The first-order valence-corrected chi connectivity index (χ1v) is 7.73. The van der Waals surface area contributed by atoms with E-state index in [1.165, 1.54) is 38.5 Å². The Morgan fingerprint density at radius 2 is 2.10 bits per heavy atom. The molecule has 1 aromatic heterocycles. The summed E-state index contributed by atoms with van der Waals surface area (Å²) in [6.45, 7) is 1.71. The van der Waals surface area contributed by atoms with Gasteiger partial charge in [-0.25, -0.2) is 0 Å². The Balaban J connectivity index is 0.00000220. The van der Waals surface area contributed by atoms with E-state index in [9.17, 15) is 0 Å². The van der Waals surface area contributed by atoms with Gasteiger partial charge in [0.05, 0.1) is 12.2 Å². The van der Waals surface area contributed by atoms with Crippen LogP contribution in [0.15, 0.2) is 29.4 Å². The quantitative estimate of drug-likeness (QED) is 0.332. The maximum absolute atomic E-state index is 4.29. The standard InChI is InChI=1S/C16H26N4.HI/c1-17-16(20-13-15-10-4-5-11-18-15)19-12-6-9-14-7-2-3-8-14;/h4-5,10-11,14H,2-3,6-9,12-13H2,1H3,(H2,17,19,20);1H. The molecule has 4 nitrogen and oxygen atoms in total. The number of hydrogen-bond acceptors (Lipinski definition) is 2. The third-order valence-corrected chi connectivity index (χ3v) is 3.94. The highest BCUT2D eigenvalue weighted by molar-refractivity contribution is 14.0. The first kappa shape index (κ1) is 18.2. The van der Waals surface area contributed by atoms with E-state index in [2.05, 4.69) is 20.6 Å². The zero-order valence-electron chi connectivity index (χ0n) is 12.8. The van der Waals surface area contributed by atoms with Gasteiger partial charge in [-0.2, -0.15) is 0 Å². The van der Waals surface area contributed by atoms with Gasteiger partial charge in [0.15, 0.2) is 5.96 Å². The molecular weight excluding hydrogens is 375 g/mol. The molecule has 0 aromatic carbocycles. The van der Waals surface area contributed by atoms with Crippen molar-refractivity contribution in [1.29, 1.82) is 0 Å². The van der Waals surface area contributed by atoms with Crippen molar-refractivity contribution in [3.8, 4) is 0 Å². The van der Waals surface area contributed by atoms with E-state index in [0.717, 1.165) is 24.1 Å². The summed E-state index contributed by atoms with van der Waals surface area (Å²) < 4.78 is 0. The minimum absolute atomic E-state index is 0. The van der Waals surface area contributed by atoms with Gasteiger partial charge in [-0.3, -0.25) is 9.98 Å². The van der Waals surface area contributed by atoms with E-state index >= 15 is 0 Å². The molecule has 1 heterocycles. The lowest BCUT2D eigenvalue weighted by atomic mass is 10.0. The smallest absolute Gasteiger partial charge is 0.191 e. The Kier molecular flexibility index (Phi) is 9.37. The van der Waals surface area contributed by atoms with Gasteiger partial charge in [0.25, 0.3) is 0 Å². The first-order valence-electron chi connectivity index (χ1n) is 7.73. The number of pyridine rings is 1. The number of rotatable bonds is 6. The molecule has 0 aliphatic heterocycles. The second-order valence-corrected chi connectivity index (χ2v) is 5.47. The van der Waals surface area contributed by atoms with Crippen LogP contribution in [0.2, 0.25) is 0 Å². The van der Waals surface area contributed by atoms with Gasteiger partial charge in [-0.05, 0) is 30.9 Å². The number of nitrogens with zero attached hydrogens (tertiary/aromatic N) is 2. The monoisotopic (exact) mass is 402 g/mol. The third-order valence-electron chi connectivity index (χ3n) is 3.94. The molecule has 1 saturated carbocycles. The molecule has 1 aliphatic rings. The molecule has 2 N–H and O–H groups in total. The summed E-state index contributed by atoms with van der Waals surface area (Å²) in [4.78, 5) is 8.53. The number of aromatic nitrogens is 1. The predicted octanol–water partition coefficient (Wildman–Crippen LogP) is 3.34. The van der Waals surface area contributed by atoms with Crippen LogP contribution >= 0.6 is 24.0 Å². The van der Waals surface area contributed by atoms with Crippen molar-refractivity contribution in [2.24, 2.45) is 10.9 Å². The lowest BCUT2D eigenvalue weighted by molar-refractivity contribution is 0.481. The second-order valence-electron chi connectivity index (χ2n) is 5.47. The van der Waals surface area contributed by atoms with Crippen molar-refractivity contribution in [3.05, 3.63) is 30.1 Å². The van der Waals surface area contributed by atoms with Crippen molar-refractivity contribution >= 4 is 29.9 Å². The Labute approximate surface area is 145 Å². The molecule has 0 unspecified atom stereocenters. The highest BCUT2D eigenvalue weighted by Gasteiger charge is 2.13. The summed E-state index contributed by atoms with van der Waals surface area (Å²) in [7, 11) is 1.81. The van der Waals surface area contributed by atoms with E-state index in [0.29, 0.717) is 6.54 Å². The Morgan fingerprint density at radius 3 is 2.76 bits per heavy atom. The molecule has 1 fully saturated rings. The molecule has 1 aliphatic carbocycles. The Bertz CT molecular complexity index is 402. The molecule has 0 atom stereocenters. The SMILES string of the molecule is CN=C(NCCCC1CCCC1)NCc1ccccn1.I. The van der Waals surface area contributed by atoms with Gasteiger partial charge in [0.2, 0.25) is 0 Å². The second kappa shape index (κ2) is 10.8. The van der Waals surface area contributed by atoms with Crippen molar-refractivity contribution in [3.63, 3.8) is 0 Å². The third kappa shape index (κ3) is 7.11. The van der Waals surface area contributed by atoms with Gasteiger partial charge in [0.1, 0.15) is 0 Å². The van der Waals surface area contributed by atoms with Crippen LogP contribution in [0.4, 0.5) is 0 Å². The van der Waals surface area contributed by atoms with Crippen molar-refractivity contribution in [2.45, 2.75) is 45.1 Å². The number of hydrogen-bond donors (Lipinski definition) is 2. The topological polar surface area (TPSA) is 49.3 Å². The van der Waals surface area contributed by atoms with E-state index in [-0.39, 0.29) is 24.0 Å². The lowest BCUT2D eigenvalue weighted by Gasteiger charge is -2.13. The number of nitrogens with one attached hydrogen (secondary N) is 2. The Hall–Kier alpha value is -0.850. The van der Waals surface area contributed by atoms with E-state index in [4.69, 9.17) is 0 Å². The highest BCUT2D eigenvalue weighted by Crippen LogP contribution is 2.28. The summed E-state index contributed by atoms with van der Waals surface area (Å²) in [6, 6.07) is 5.95. The highest BCUT2D eigenvalue weighted by atomic mass is 127. The minimum atomic E-state index is 0. The van der Waals surface area contributed by atoms with Crippen LogP contribution < -0.4 is 10.6 Å². The summed E-state index contributed by atoms with van der Waals surface area (Å²) in [5.41, 5.74) is 1.03. The summed E-state index contributed by atoms with van der Waals surface area (Å²) in [6.07, 6.45) is 10.1. The Morgan fingerprint density at radius 1 is 1.29 bits per heavy atom. The molecule has 118 valence electrons. The number of guanidine groups is 1. The van der Waals surface area contributed by atoms with Crippen LogP contribution in [-0.2, 0) is 6.54 Å². The van der Waals surface area contributed by atoms with E-state index in [1.54, 1.807) is 0 Å². The van der Waals surface area contributed by atoms with Crippen LogP contribution in [0.1, 0.15) is 44.2 Å². The fourth-order valence-electron chi connectivity index (χ4n) is 2.79. The van der Waals surface area contributed by atoms with Crippen LogP contribution in [-0.4, -0.2) is 24.5 Å². The minimum Gasteiger partial charge on any atom is -0.356 e. The van der Waals surface area contributed by atoms with Crippen molar-refractivity contribution < 1.29 is 0 Å².